The first-order chi connectivity index (χ1) is 15.7. The van der Waals surface area contributed by atoms with Gasteiger partial charge in [0, 0.05) is 35.1 Å². The van der Waals surface area contributed by atoms with Gasteiger partial charge in [0.25, 0.3) is 5.91 Å². The molecule has 9 heteroatoms. The largest absolute Gasteiger partial charge is 0.461 e. The van der Waals surface area contributed by atoms with Gasteiger partial charge in [-0.25, -0.2) is 19.9 Å². The number of carbonyl (C=O) groups is 1. The minimum absolute atomic E-state index is 0.00238. The van der Waals surface area contributed by atoms with Crippen LogP contribution in [-0.2, 0) is 0 Å². The SMILES string of the molecule is CC(C)Oc1ncc(-c2cc3cc(-c4cccc(C(=O)NC(C)(C)C#N)n4)cnc3[nH]2)cn1. The molecule has 0 saturated carbocycles. The van der Waals surface area contributed by atoms with E-state index in [4.69, 9.17) is 10.00 Å². The summed E-state index contributed by atoms with van der Waals surface area (Å²) in [6.07, 6.45) is 5.09. The lowest BCUT2D eigenvalue weighted by Crippen LogP contribution is -2.42. The van der Waals surface area contributed by atoms with E-state index < -0.39 is 11.4 Å². The fourth-order valence-corrected chi connectivity index (χ4v) is 3.14. The van der Waals surface area contributed by atoms with Crippen molar-refractivity contribution in [3.8, 4) is 34.6 Å². The number of aromatic nitrogens is 5. The van der Waals surface area contributed by atoms with Gasteiger partial charge in [0.15, 0.2) is 0 Å². The molecule has 166 valence electrons. The third kappa shape index (κ3) is 4.96. The van der Waals surface area contributed by atoms with Gasteiger partial charge >= 0.3 is 6.01 Å². The van der Waals surface area contributed by atoms with Gasteiger partial charge in [-0.05, 0) is 52.0 Å². The van der Waals surface area contributed by atoms with Crippen LogP contribution in [0, 0.1) is 11.3 Å². The zero-order valence-corrected chi connectivity index (χ0v) is 18.7. The van der Waals surface area contributed by atoms with Crippen LogP contribution in [0.3, 0.4) is 0 Å². The molecule has 4 aromatic rings. The first-order valence-corrected chi connectivity index (χ1v) is 10.4. The van der Waals surface area contributed by atoms with Gasteiger partial charge in [0.1, 0.15) is 16.9 Å². The summed E-state index contributed by atoms with van der Waals surface area (Å²) in [5.41, 5.74) is 2.95. The van der Waals surface area contributed by atoms with E-state index in [0.29, 0.717) is 17.4 Å². The van der Waals surface area contributed by atoms with Crippen molar-refractivity contribution in [2.45, 2.75) is 39.3 Å². The molecule has 4 rings (SSSR count). The Balaban J connectivity index is 1.60. The Morgan fingerprint density at radius 2 is 1.85 bits per heavy atom. The summed E-state index contributed by atoms with van der Waals surface area (Å²) in [7, 11) is 0. The normalized spacial score (nSPS) is 11.4. The lowest BCUT2D eigenvalue weighted by molar-refractivity contribution is 0.0924. The maximum absolute atomic E-state index is 12.5. The average Bonchev–Trinajstić information content (AvgIpc) is 3.22. The second kappa shape index (κ2) is 8.67. The molecule has 4 aromatic heterocycles. The smallest absolute Gasteiger partial charge is 0.316 e. The molecule has 33 heavy (non-hydrogen) atoms. The van der Waals surface area contributed by atoms with Crippen LogP contribution in [0.1, 0.15) is 38.2 Å². The van der Waals surface area contributed by atoms with Gasteiger partial charge in [-0.2, -0.15) is 5.26 Å². The number of ether oxygens (including phenoxy) is 1. The number of amides is 1. The predicted molar refractivity (Wildman–Crippen MR) is 123 cm³/mol. The third-order valence-corrected chi connectivity index (χ3v) is 4.73. The van der Waals surface area contributed by atoms with E-state index >= 15 is 0 Å². The summed E-state index contributed by atoms with van der Waals surface area (Å²) >= 11 is 0. The van der Waals surface area contributed by atoms with Crippen LogP contribution in [0.4, 0.5) is 0 Å². The molecule has 0 unspecified atom stereocenters. The molecular formula is C24H23N7O2. The molecule has 0 aromatic carbocycles. The molecule has 0 aliphatic carbocycles. The highest BCUT2D eigenvalue weighted by Gasteiger charge is 2.21. The molecule has 0 aliphatic heterocycles. The number of rotatable bonds is 6. The van der Waals surface area contributed by atoms with Crippen LogP contribution in [0.2, 0.25) is 0 Å². The predicted octanol–water partition coefficient (Wildman–Crippen LogP) is 3.90. The minimum atomic E-state index is -0.987. The number of nitrogens with one attached hydrogen (secondary N) is 2. The van der Waals surface area contributed by atoms with E-state index in [2.05, 4.69) is 30.2 Å². The van der Waals surface area contributed by atoms with Crippen molar-refractivity contribution in [1.82, 2.24) is 30.2 Å². The van der Waals surface area contributed by atoms with E-state index in [9.17, 15) is 4.79 Å². The summed E-state index contributed by atoms with van der Waals surface area (Å²) in [5, 5.41) is 12.7. The molecule has 9 nitrogen and oxygen atoms in total. The molecule has 0 fully saturated rings. The number of pyridine rings is 2. The monoisotopic (exact) mass is 441 g/mol. The second-order valence-electron chi connectivity index (χ2n) is 8.36. The Hall–Kier alpha value is -4.32. The van der Waals surface area contributed by atoms with Gasteiger partial charge < -0.3 is 15.0 Å². The van der Waals surface area contributed by atoms with Crippen LogP contribution in [0.25, 0.3) is 33.5 Å². The van der Waals surface area contributed by atoms with Crippen LogP contribution in [0.5, 0.6) is 6.01 Å². The molecule has 0 saturated heterocycles. The van der Waals surface area contributed by atoms with Crippen molar-refractivity contribution in [2.75, 3.05) is 0 Å². The maximum atomic E-state index is 12.5. The summed E-state index contributed by atoms with van der Waals surface area (Å²) < 4.78 is 5.49. The Morgan fingerprint density at radius 1 is 1.12 bits per heavy atom. The van der Waals surface area contributed by atoms with Gasteiger partial charge in [0.05, 0.1) is 23.6 Å². The molecule has 1 amide bonds. The molecule has 0 aliphatic rings. The van der Waals surface area contributed by atoms with E-state index in [1.165, 1.54) is 0 Å². The fraction of sp³-hybridized carbons (Fsp3) is 0.250. The van der Waals surface area contributed by atoms with Crippen molar-refractivity contribution in [1.29, 1.82) is 5.26 Å². The van der Waals surface area contributed by atoms with Gasteiger partial charge in [-0.1, -0.05) is 6.07 Å². The highest BCUT2D eigenvalue weighted by atomic mass is 16.5. The van der Waals surface area contributed by atoms with E-state index in [1.807, 2.05) is 38.1 Å². The second-order valence-corrected chi connectivity index (χ2v) is 8.36. The van der Waals surface area contributed by atoms with Crippen molar-refractivity contribution < 1.29 is 9.53 Å². The maximum Gasteiger partial charge on any atom is 0.316 e. The van der Waals surface area contributed by atoms with Crippen molar-refractivity contribution in [3.63, 3.8) is 0 Å². The third-order valence-electron chi connectivity index (χ3n) is 4.73. The van der Waals surface area contributed by atoms with Crippen LogP contribution >= 0.6 is 0 Å². The van der Waals surface area contributed by atoms with E-state index in [-0.39, 0.29) is 11.8 Å². The first-order valence-electron chi connectivity index (χ1n) is 10.4. The number of aromatic amines is 1. The average molecular weight is 441 g/mol. The lowest BCUT2D eigenvalue weighted by atomic mass is 10.1. The number of carbonyl (C=O) groups excluding carboxylic acids is 1. The molecule has 0 spiro atoms. The van der Waals surface area contributed by atoms with Crippen LogP contribution in [-0.4, -0.2) is 42.5 Å². The number of fused-ring (bicyclic) bond motifs is 1. The summed E-state index contributed by atoms with van der Waals surface area (Å²) in [6, 6.07) is 11.5. The number of H-pyrrole nitrogens is 1. The molecule has 4 heterocycles. The standard InChI is InChI=1S/C24H23N7O2/c1-14(2)33-23-27-11-17(12-28-23)20-9-15-8-16(10-26-21(15)30-20)18-6-5-7-19(29-18)22(32)31-24(3,4)13-25/h5-12,14H,1-4H3,(H,26,30)(H,31,32). The fourth-order valence-electron chi connectivity index (χ4n) is 3.14. The van der Waals surface area contributed by atoms with E-state index in [0.717, 1.165) is 22.2 Å². The summed E-state index contributed by atoms with van der Waals surface area (Å²) in [6.45, 7) is 7.10. The number of nitriles is 1. The van der Waals surface area contributed by atoms with Gasteiger partial charge in [0.2, 0.25) is 0 Å². The number of hydrogen-bond donors (Lipinski definition) is 2. The van der Waals surface area contributed by atoms with E-state index in [1.54, 1.807) is 44.6 Å². The quantitative estimate of drug-likeness (QED) is 0.464. The molecule has 0 radical (unpaired) electrons. The Kier molecular flexibility index (Phi) is 5.75. The molecule has 0 bridgehead atoms. The van der Waals surface area contributed by atoms with Gasteiger partial charge in [-0.15, -0.1) is 0 Å². The Morgan fingerprint density at radius 3 is 2.55 bits per heavy atom. The van der Waals surface area contributed by atoms with Gasteiger partial charge in [-0.3, -0.25) is 4.79 Å². The Labute approximate surface area is 190 Å². The van der Waals surface area contributed by atoms with Crippen LogP contribution < -0.4 is 10.1 Å². The Bertz CT molecular complexity index is 1350. The zero-order valence-electron chi connectivity index (χ0n) is 18.7. The molecule has 2 N–H and O–H groups in total. The zero-order chi connectivity index (χ0) is 23.6. The first kappa shape index (κ1) is 21.9. The summed E-state index contributed by atoms with van der Waals surface area (Å²) in [5.74, 6) is -0.411. The highest BCUT2D eigenvalue weighted by Crippen LogP contribution is 2.26. The van der Waals surface area contributed by atoms with Crippen molar-refractivity contribution >= 4 is 16.9 Å². The summed E-state index contributed by atoms with van der Waals surface area (Å²) in [4.78, 5) is 33.2. The molecule has 0 atom stereocenters. The van der Waals surface area contributed by atoms with Crippen molar-refractivity contribution in [3.05, 3.63) is 54.6 Å². The van der Waals surface area contributed by atoms with Crippen LogP contribution in [0.15, 0.2) is 48.9 Å². The number of nitrogens with zero attached hydrogens (tertiary/aromatic N) is 5. The topological polar surface area (TPSA) is 129 Å². The minimum Gasteiger partial charge on any atom is -0.461 e. The van der Waals surface area contributed by atoms with Crippen molar-refractivity contribution in [2.24, 2.45) is 0 Å². The number of hydrogen-bond acceptors (Lipinski definition) is 7. The molecular weight excluding hydrogens is 418 g/mol. The highest BCUT2D eigenvalue weighted by molar-refractivity contribution is 5.94. The lowest BCUT2D eigenvalue weighted by Gasteiger charge is -2.17.